The number of halogens is 2. The minimum Gasteiger partial charge on any atom is -0.356 e. The highest BCUT2D eigenvalue weighted by atomic mass is 79.9. The number of hydrazine groups is 1. The Labute approximate surface area is 128 Å². The second kappa shape index (κ2) is 5.96. The molecule has 0 aliphatic heterocycles. The highest BCUT2D eigenvalue weighted by Crippen LogP contribution is 2.19. The van der Waals surface area contributed by atoms with Gasteiger partial charge < -0.3 is 4.98 Å². The van der Waals surface area contributed by atoms with Crippen LogP contribution in [0.3, 0.4) is 0 Å². The average molecular weight is 379 g/mol. The molecule has 0 aliphatic rings. The van der Waals surface area contributed by atoms with Crippen molar-refractivity contribution in [1.82, 2.24) is 15.2 Å². The summed E-state index contributed by atoms with van der Waals surface area (Å²) in [5, 5.41) is 0.0665. The van der Waals surface area contributed by atoms with Crippen molar-refractivity contribution in [3.05, 3.63) is 51.7 Å². The maximum Gasteiger partial charge on any atom is 0.282 e. The van der Waals surface area contributed by atoms with Gasteiger partial charge in [0.1, 0.15) is 10.6 Å². The fraction of sp³-hybridized carbons (Fsp3) is 0. The predicted octanol–water partition coefficient (Wildman–Crippen LogP) is 2.05. The minimum atomic E-state index is -3.93. The van der Waals surface area contributed by atoms with Crippen molar-refractivity contribution < 1.29 is 13.2 Å². The average Bonchev–Trinajstić information content (AvgIpc) is 2.83. The molecule has 20 heavy (non-hydrogen) atoms. The van der Waals surface area contributed by atoms with Crippen LogP contribution in [0.5, 0.6) is 0 Å². The molecule has 0 aliphatic carbocycles. The number of aromatic nitrogens is 1. The molecule has 1 aromatic carbocycles. The molecule has 0 saturated heterocycles. The lowest BCUT2D eigenvalue weighted by molar-refractivity contribution is 0.0940. The first-order valence-electron chi connectivity index (χ1n) is 5.31. The van der Waals surface area contributed by atoms with Crippen molar-refractivity contribution >= 4 is 43.5 Å². The molecule has 1 heterocycles. The number of rotatable bonds is 4. The van der Waals surface area contributed by atoms with Crippen LogP contribution in [-0.2, 0) is 10.0 Å². The molecule has 106 valence electrons. The van der Waals surface area contributed by atoms with Gasteiger partial charge in [0.2, 0.25) is 0 Å². The molecule has 2 rings (SSSR count). The summed E-state index contributed by atoms with van der Waals surface area (Å²) in [6.07, 6.45) is 1.55. The zero-order valence-electron chi connectivity index (χ0n) is 9.85. The van der Waals surface area contributed by atoms with Crippen LogP contribution in [0.15, 0.2) is 45.9 Å². The van der Waals surface area contributed by atoms with Gasteiger partial charge in [-0.15, -0.1) is 4.83 Å². The van der Waals surface area contributed by atoms with E-state index in [2.05, 4.69) is 26.3 Å². The molecule has 0 radical (unpaired) electrons. The molecule has 3 N–H and O–H groups in total. The summed E-state index contributed by atoms with van der Waals surface area (Å²) in [6, 6.07) is 7.43. The molecule has 0 atom stereocenters. The van der Waals surface area contributed by atoms with Crippen LogP contribution in [0.4, 0.5) is 0 Å². The Morgan fingerprint density at radius 1 is 1.30 bits per heavy atom. The van der Waals surface area contributed by atoms with Crippen LogP contribution in [0.2, 0.25) is 5.02 Å². The van der Waals surface area contributed by atoms with Gasteiger partial charge >= 0.3 is 0 Å². The number of benzene rings is 1. The first-order chi connectivity index (χ1) is 9.40. The molecule has 0 unspecified atom stereocenters. The van der Waals surface area contributed by atoms with Crippen molar-refractivity contribution in [2.24, 2.45) is 0 Å². The van der Waals surface area contributed by atoms with E-state index in [1.165, 1.54) is 24.3 Å². The Morgan fingerprint density at radius 2 is 2.00 bits per heavy atom. The third-order valence-electron chi connectivity index (χ3n) is 2.32. The normalized spacial score (nSPS) is 11.3. The maximum atomic E-state index is 12.0. The zero-order chi connectivity index (χ0) is 14.8. The maximum absolute atomic E-state index is 12.0. The van der Waals surface area contributed by atoms with Gasteiger partial charge in [0.15, 0.2) is 0 Å². The van der Waals surface area contributed by atoms with Crippen LogP contribution >= 0.6 is 27.5 Å². The Bertz CT molecular complexity index is 745. The van der Waals surface area contributed by atoms with Crippen molar-refractivity contribution in [1.29, 1.82) is 0 Å². The molecule has 1 aromatic heterocycles. The fourth-order valence-corrected chi connectivity index (χ4v) is 3.10. The number of nitrogens with one attached hydrogen (secondary N) is 3. The topological polar surface area (TPSA) is 91.1 Å². The summed E-state index contributed by atoms with van der Waals surface area (Å²) >= 11 is 8.97. The van der Waals surface area contributed by atoms with E-state index in [-0.39, 0.29) is 15.6 Å². The van der Waals surface area contributed by atoms with Gasteiger partial charge in [-0.3, -0.25) is 10.2 Å². The first-order valence-corrected chi connectivity index (χ1v) is 7.96. The summed E-state index contributed by atoms with van der Waals surface area (Å²) in [7, 11) is -3.93. The zero-order valence-corrected chi connectivity index (χ0v) is 13.0. The molecular formula is C11H9BrClN3O3S. The molecule has 1 amide bonds. The monoisotopic (exact) mass is 377 g/mol. The van der Waals surface area contributed by atoms with E-state index in [0.29, 0.717) is 4.47 Å². The highest BCUT2D eigenvalue weighted by Gasteiger charge is 2.18. The van der Waals surface area contributed by atoms with E-state index < -0.39 is 15.9 Å². The Hall–Kier alpha value is -1.35. The van der Waals surface area contributed by atoms with E-state index in [1.54, 1.807) is 12.3 Å². The van der Waals surface area contributed by atoms with Gasteiger partial charge in [-0.25, -0.2) is 8.42 Å². The van der Waals surface area contributed by atoms with Gasteiger partial charge in [0, 0.05) is 10.7 Å². The van der Waals surface area contributed by atoms with Crippen LogP contribution in [0, 0.1) is 0 Å². The highest BCUT2D eigenvalue weighted by molar-refractivity contribution is 9.10. The number of sulfonamides is 1. The molecule has 0 spiro atoms. The van der Waals surface area contributed by atoms with Crippen molar-refractivity contribution in [2.75, 3.05) is 0 Å². The Morgan fingerprint density at radius 3 is 2.60 bits per heavy atom. The summed E-state index contributed by atoms with van der Waals surface area (Å²) in [5.74, 6) is -0.619. The van der Waals surface area contributed by atoms with Gasteiger partial charge in [-0.2, -0.15) is 0 Å². The number of hydrogen-bond donors (Lipinski definition) is 3. The molecule has 6 nitrogen and oxygen atoms in total. The number of carbonyl (C=O) groups is 1. The van der Waals surface area contributed by atoms with Crippen LogP contribution in [0.1, 0.15) is 10.5 Å². The summed E-state index contributed by atoms with van der Waals surface area (Å²) in [6.45, 7) is 0. The lowest BCUT2D eigenvalue weighted by atomic mass is 10.4. The van der Waals surface area contributed by atoms with Crippen LogP contribution < -0.4 is 10.3 Å². The quantitative estimate of drug-likeness (QED) is 0.711. The SMILES string of the molecule is O=C(NNS(=O)(=O)c1ccccc1Cl)c1cc(Br)c[nH]1. The van der Waals surface area contributed by atoms with E-state index >= 15 is 0 Å². The number of H-pyrrole nitrogens is 1. The molecular weight excluding hydrogens is 370 g/mol. The van der Waals surface area contributed by atoms with Crippen LogP contribution in [-0.4, -0.2) is 19.3 Å². The largest absolute Gasteiger partial charge is 0.356 e. The number of carbonyl (C=O) groups excluding carboxylic acids is 1. The summed E-state index contributed by atoms with van der Waals surface area (Å²) in [4.78, 5) is 16.2. The van der Waals surface area contributed by atoms with E-state index in [4.69, 9.17) is 11.6 Å². The Balaban J connectivity index is 2.10. The predicted molar refractivity (Wildman–Crippen MR) is 77.7 cm³/mol. The molecule has 0 bridgehead atoms. The van der Waals surface area contributed by atoms with Gasteiger partial charge in [-0.1, -0.05) is 23.7 Å². The summed E-state index contributed by atoms with van der Waals surface area (Å²) in [5.41, 5.74) is 2.30. The molecule has 0 fully saturated rings. The standard InChI is InChI=1S/C11H9BrClN3O3S/c12-7-5-9(14-6-7)11(17)15-16-20(18,19)10-4-2-1-3-8(10)13/h1-6,14,16H,(H,15,17). The third kappa shape index (κ3) is 3.40. The van der Waals surface area contributed by atoms with E-state index in [9.17, 15) is 13.2 Å². The first kappa shape index (κ1) is 15.0. The van der Waals surface area contributed by atoms with E-state index in [1.807, 2.05) is 4.83 Å². The van der Waals surface area contributed by atoms with Gasteiger partial charge in [0.25, 0.3) is 15.9 Å². The minimum absolute atomic E-state index is 0.0665. The van der Waals surface area contributed by atoms with Gasteiger partial charge in [0.05, 0.1) is 5.02 Å². The summed E-state index contributed by atoms with van der Waals surface area (Å²) < 4.78 is 24.6. The lowest BCUT2D eigenvalue weighted by Gasteiger charge is -2.08. The molecule has 9 heteroatoms. The smallest absolute Gasteiger partial charge is 0.282 e. The third-order valence-corrected chi connectivity index (χ3v) is 4.52. The molecule has 2 aromatic rings. The molecule has 0 saturated carbocycles. The van der Waals surface area contributed by atoms with Crippen molar-refractivity contribution in [3.8, 4) is 0 Å². The second-order valence-electron chi connectivity index (χ2n) is 3.72. The van der Waals surface area contributed by atoms with E-state index in [0.717, 1.165) is 0 Å². The van der Waals surface area contributed by atoms with Crippen LogP contribution in [0.25, 0.3) is 0 Å². The van der Waals surface area contributed by atoms with Crippen molar-refractivity contribution in [3.63, 3.8) is 0 Å². The Kier molecular flexibility index (Phi) is 4.48. The lowest BCUT2D eigenvalue weighted by Crippen LogP contribution is -2.41. The van der Waals surface area contributed by atoms with Gasteiger partial charge in [-0.05, 0) is 34.1 Å². The fourth-order valence-electron chi connectivity index (χ4n) is 1.40. The number of amides is 1. The second-order valence-corrected chi connectivity index (χ2v) is 6.70. The number of aromatic amines is 1. The van der Waals surface area contributed by atoms with Crippen molar-refractivity contribution in [2.45, 2.75) is 4.90 Å². The number of hydrogen-bond acceptors (Lipinski definition) is 3.